The molecule has 88 valence electrons. The van der Waals surface area contributed by atoms with Crippen LogP contribution in [0.4, 0.5) is 0 Å². The van der Waals surface area contributed by atoms with Crippen LogP contribution in [0.5, 0.6) is 0 Å². The molecule has 2 fully saturated rings. The summed E-state index contributed by atoms with van der Waals surface area (Å²) in [6.07, 6.45) is 3.78. The van der Waals surface area contributed by atoms with Gasteiger partial charge in [-0.2, -0.15) is 11.8 Å². The summed E-state index contributed by atoms with van der Waals surface area (Å²) in [4.78, 5) is 0. The minimum atomic E-state index is 0.477. The number of hydrogen-bond donors (Lipinski definition) is 1. The van der Waals surface area contributed by atoms with E-state index in [4.69, 9.17) is 4.74 Å². The van der Waals surface area contributed by atoms with Crippen molar-refractivity contribution in [2.24, 2.45) is 5.41 Å². The Balaban J connectivity index is 1.76. The lowest BCUT2D eigenvalue weighted by molar-refractivity contribution is 0.0229. The van der Waals surface area contributed by atoms with Gasteiger partial charge in [0.1, 0.15) is 0 Å². The molecule has 1 N–H and O–H groups in total. The molecule has 2 heterocycles. The second-order valence-electron chi connectivity index (χ2n) is 5.28. The summed E-state index contributed by atoms with van der Waals surface area (Å²) < 4.78 is 5.43. The van der Waals surface area contributed by atoms with Gasteiger partial charge in [0.15, 0.2) is 0 Å². The van der Waals surface area contributed by atoms with E-state index in [-0.39, 0.29) is 0 Å². The van der Waals surface area contributed by atoms with Crippen LogP contribution in [-0.2, 0) is 4.74 Å². The van der Waals surface area contributed by atoms with Crippen molar-refractivity contribution < 1.29 is 4.74 Å². The van der Waals surface area contributed by atoms with E-state index in [0.717, 1.165) is 24.5 Å². The van der Waals surface area contributed by atoms with E-state index in [1.807, 2.05) is 0 Å². The van der Waals surface area contributed by atoms with Crippen LogP contribution >= 0.6 is 11.8 Å². The first-order valence-corrected chi connectivity index (χ1v) is 7.17. The minimum Gasteiger partial charge on any atom is -0.381 e. The van der Waals surface area contributed by atoms with Crippen LogP contribution in [0.1, 0.15) is 33.1 Å². The third-order valence-electron chi connectivity index (χ3n) is 3.87. The van der Waals surface area contributed by atoms with Crippen molar-refractivity contribution in [2.75, 3.05) is 25.5 Å². The Bertz CT molecular complexity index is 204. The van der Waals surface area contributed by atoms with Crippen molar-refractivity contribution in [2.45, 2.75) is 44.4 Å². The summed E-state index contributed by atoms with van der Waals surface area (Å²) in [5.74, 6) is 1.33. The van der Waals surface area contributed by atoms with E-state index in [9.17, 15) is 0 Å². The molecule has 0 spiro atoms. The predicted molar refractivity (Wildman–Crippen MR) is 66.5 cm³/mol. The van der Waals surface area contributed by atoms with Gasteiger partial charge in [-0.05, 0) is 30.4 Å². The number of rotatable bonds is 3. The first-order chi connectivity index (χ1) is 7.20. The first-order valence-electron chi connectivity index (χ1n) is 6.12. The summed E-state index contributed by atoms with van der Waals surface area (Å²) in [6.45, 7) is 7.82. The molecular formula is C12H23NOS. The average Bonchev–Trinajstić information content (AvgIpc) is 2.62. The fourth-order valence-corrected chi connectivity index (χ4v) is 3.64. The van der Waals surface area contributed by atoms with E-state index in [2.05, 4.69) is 30.9 Å². The molecule has 0 bridgehead atoms. The highest BCUT2D eigenvalue weighted by molar-refractivity contribution is 8.00. The molecule has 0 aromatic rings. The lowest BCUT2D eigenvalue weighted by atomic mass is 9.82. The molecule has 2 saturated heterocycles. The van der Waals surface area contributed by atoms with Crippen LogP contribution in [0.2, 0.25) is 0 Å². The highest BCUT2D eigenvalue weighted by atomic mass is 32.2. The van der Waals surface area contributed by atoms with Gasteiger partial charge in [0.25, 0.3) is 0 Å². The first kappa shape index (κ1) is 11.7. The van der Waals surface area contributed by atoms with Crippen molar-refractivity contribution in [3.8, 4) is 0 Å². The molecule has 2 aliphatic rings. The fourth-order valence-electron chi connectivity index (χ4n) is 2.42. The van der Waals surface area contributed by atoms with Gasteiger partial charge >= 0.3 is 0 Å². The Morgan fingerprint density at radius 2 is 2.13 bits per heavy atom. The molecule has 2 atom stereocenters. The summed E-state index contributed by atoms with van der Waals surface area (Å²) >= 11 is 2.10. The molecule has 15 heavy (non-hydrogen) atoms. The molecule has 0 aliphatic carbocycles. The molecule has 0 radical (unpaired) electrons. The van der Waals surface area contributed by atoms with Gasteiger partial charge in [-0.15, -0.1) is 0 Å². The van der Waals surface area contributed by atoms with Crippen molar-refractivity contribution in [3.05, 3.63) is 0 Å². The molecule has 2 nitrogen and oxygen atoms in total. The lowest BCUT2D eigenvalue weighted by Crippen LogP contribution is -2.43. The molecule has 2 rings (SSSR count). The minimum absolute atomic E-state index is 0.477. The molecule has 0 amide bonds. The van der Waals surface area contributed by atoms with E-state index < -0.39 is 0 Å². The van der Waals surface area contributed by atoms with Crippen LogP contribution in [0, 0.1) is 5.41 Å². The van der Waals surface area contributed by atoms with Gasteiger partial charge < -0.3 is 10.1 Å². The zero-order chi connectivity index (χ0) is 10.7. The highest BCUT2D eigenvalue weighted by Gasteiger charge is 2.30. The Hall–Kier alpha value is 0.270. The third kappa shape index (κ3) is 3.11. The van der Waals surface area contributed by atoms with Gasteiger partial charge in [-0.25, -0.2) is 0 Å². The van der Waals surface area contributed by atoms with Crippen LogP contribution in [0.25, 0.3) is 0 Å². The van der Waals surface area contributed by atoms with Gasteiger partial charge in [0.05, 0.1) is 0 Å². The molecule has 0 aromatic carbocycles. The van der Waals surface area contributed by atoms with E-state index in [0.29, 0.717) is 5.41 Å². The molecule has 3 heteroatoms. The Morgan fingerprint density at radius 3 is 2.73 bits per heavy atom. The van der Waals surface area contributed by atoms with Crippen LogP contribution in [0.3, 0.4) is 0 Å². The van der Waals surface area contributed by atoms with Gasteiger partial charge in [-0.3, -0.25) is 0 Å². The maximum atomic E-state index is 5.43. The maximum absolute atomic E-state index is 5.43. The third-order valence-corrected chi connectivity index (χ3v) is 5.19. The van der Waals surface area contributed by atoms with Crippen LogP contribution in [0.15, 0.2) is 0 Å². The summed E-state index contributed by atoms with van der Waals surface area (Å²) in [5, 5.41) is 4.56. The Morgan fingerprint density at radius 1 is 1.40 bits per heavy atom. The van der Waals surface area contributed by atoms with Crippen molar-refractivity contribution in [3.63, 3.8) is 0 Å². The van der Waals surface area contributed by atoms with Crippen molar-refractivity contribution >= 4 is 11.8 Å². The lowest BCUT2D eigenvalue weighted by Gasteiger charge is -2.35. The largest absolute Gasteiger partial charge is 0.381 e. The highest BCUT2D eigenvalue weighted by Crippen LogP contribution is 2.31. The maximum Gasteiger partial charge on any atom is 0.0471 e. The SMILES string of the molecule is CC1SCCC1NCC1(C)CCOCC1. The van der Waals surface area contributed by atoms with E-state index in [1.54, 1.807) is 0 Å². The molecule has 0 saturated carbocycles. The quantitative estimate of drug-likeness (QED) is 0.802. The molecule has 2 unspecified atom stereocenters. The number of nitrogens with one attached hydrogen (secondary N) is 1. The molecule has 0 aromatic heterocycles. The topological polar surface area (TPSA) is 21.3 Å². The fraction of sp³-hybridized carbons (Fsp3) is 1.00. The molecule has 2 aliphatic heterocycles. The standard InChI is InChI=1S/C12H23NOS/c1-10-11(3-8-15-10)13-9-12(2)4-6-14-7-5-12/h10-11,13H,3-9H2,1-2H3. The monoisotopic (exact) mass is 229 g/mol. The summed E-state index contributed by atoms with van der Waals surface area (Å²) in [6, 6.07) is 0.745. The second kappa shape index (κ2) is 5.07. The zero-order valence-corrected chi connectivity index (χ0v) is 10.7. The normalized spacial score (nSPS) is 35.6. The van der Waals surface area contributed by atoms with E-state index in [1.165, 1.54) is 31.6 Å². The summed E-state index contributed by atoms with van der Waals surface area (Å²) in [5.41, 5.74) is 0.477. The van der Waals surface area contributed by atoms with Crippen LogP contribution < -0.4 is 5.32 Å². The number of hydrogen-bond acceptors (Lipinski definition) is 3. The van der Waals surface area contributed by atoms with E-state index >= 15 is 0 Å². The van der Waals surface area contributed by atoms with Crippen molar-refractivity contribution in [1.29, 1.82) is 0 Å². The smallest absolute Gasteiger partial charge is 0.0471 e. The predicted octanol–water partition coefficient (Wildman–Crippen LogP) is 2.29. The second-order valence-corrected chi connectivity index (χ2v) is 6.76. The number of thioether (sulfide) groups is 1. The van der Waals surface area contributed by atoms with Gasteiger partial charge in [0, 0.05) is 31.1 Å². The van der Waals surface area contributed by atoms with Gasteiger partial charge in [-0.1, -0.05) is 13.8 Å². The average molecular weight is 229 g/mol. The van der Waals surface area contributed by atoms with Crippen LogP contribution in [-0.4, -0.2) is 36.8 Å². The molecular weight excluding hydrogens is 206 g/mol. The summed E-state index contributed by atoms with van der Waals surface area (Å²) in [7, 11) is 0. The van der Waals surface area contributed by atoms with Gasteiger partial charge in [0.2, 0.25) is 0 Å². The Labute approximate surface area is 97.5 Å². The number of ether oxygens (including phenoxy) is 1. The Kier molecular flexibility index (Phi) is 3.97. The van der Waals surface area contributed by atoms with Crippen molar-refractivity contribution in [1.82, 2.24) is 5.32 Å². The zero-order valence-electron chi connectivity index (χ0n) is 9.92.